The van der Waals surface area contributed by atoms with Gasteiger partial charge in [0.25, 0.3) is 0 Å². The maximum atomic E-state index is 11.4. The van der Waals surface area contributed by atoms with Gasteiger partial charge < -0.3 is 24.7 Å². The summed E-state index contributed by atoms with van der Waals surface area (Å²) in [7, 11) is 0. The number of rotatable bonds is 5. The Morgan fingerprint density at radius 3 is 2.94 bits per heavy atom. The molecule has 32 heavy (non-hydrogen) atoms. The maximum Gasteiger partial charge on any atom is 0.231 e. The molecule has 0 aromatic carbocycles. The fourth-order valence-electron chi connectivity index (χ4n) is 4.29. The van der Waals surface area contributed by atoms with Crippen molar-refractivity contribution >= 4 is 28.3 Å². The summed E-state index contributed by atoms with van der Waals surface area (Å²) in [6, 6.07) is 7.55. The molecule has 1 atom stereocenters. The van der Waals surface area contributed by atoms with Crippen molar-refractivity contribution in [3.05, 3.63) is 36.7 Å². The van der Waals surface area contributed by atoms with Gasteiger partial charge in [-0.05, 0) is 24.6 Å². The molecule has 0 bridgehead atoms. The zero-order valence-electron chi connectivity index (χ0n) is 17.5. The number of nitrogens with one attached hydrogen (secondary N) is 2. The number of pyridine rings is 1. The highest BCUT2D eigenvalue weighted by molar-refractivity contribution is 5.92. The number of hydrogen-bond donors (Lipinski definition) is 2. The minimum Gasteiger partial charge on any atom is -0.474 e. The Morgan fingerprint density at radius 2 is 2.09 bits per heavy atom. The number of carbonyl (C=O) groups excluding carboxylic acids is 1. The van der Waals surface area contributed by atoms with Gasteiger partial charge in [-0.1, -0.05) is 0 Å². The molecule has 6 heterocycles. The van der Waals surface area contributed by atoms with Crippen molar-refractivity contribution in [2.75, 3.05) is 37.7 Å². The highest BCUT2D eigenvalue weighted by atomic mass is 16.5. The molecule has 6 rings (SSSR count). The standard InChI is InChI=1S/C22H23N7O3/c30-20-3-1-14(26-20)13-31-21-4-2-19-25-12-16(29(19)27-21)18-11-15-17(32-18)5-6-24-22(15)28-9-7-23-8-10-28/h2,4-6,11-12,14,23H,1,3,7-10,13H2,(H,26,30)/t14-/m1/s1. The predicted octanol–water partition coefficient (Wildman–Crippen LogP) is 1.60. The van der Waals surface area contributed by atoms with Crippen molar-refractivity contribution in [3.63, 3.8) is 0 Å². The quantitative estimate of drug-likeness (QED) is 0.489. The first-order valence-corrected chi connectivity index (χ1v) is 10.9. The summed E-state index contributed by atoms with van der Waals surface area (Å²) in [5, 5.41) is 11.8. The van der Waals surface area contributed by atoms with Crippen LogP contribution in [0.15, 0.2) is 41.1 Å². The second-order valence-electron chi connectivity index (χ2n) is 8.09. The highest BCUT2D eigenvalue weighted by Crippen LogP contribution is 2.33. The van der Waals surface area contributed by atoms with E-state index in [1.165, 1.54) is 0 Å². The Balaban J connectivity index is 1.32. The summed E-state index contributed by atoms with van der Waals surface area (Å²) >= 11 is 0. The van der Waals surface area contributed by atoms with Crippen LogP contribution in [0.5, 0.6) is 5.88 Å². The van der Waals surface area contributed by atoms with Gasteiger partial charge >= 0.3 is 0 Å². The Kier molecular flexibility index (Phi) is 4.64. The van der Waals surface area contributed by atoms with Gasteiger partial charge in [0.15, 0.2) is 11.4 Å². The normalized spacial score (nSPS) is 19.1. The average Bonchev–Trinajstić information content (AvgIpc) is 3.55. The molecule has 2 aliphatic heterocycles. The predicted molar refractivity (Wildman–Crippen MR) is 118 cm³/mol. The first-order valence-electron chi connectivity index (χ1n) is 10.9. The van der Waals surface area contributed by atoms with Crippen molar-refractivity contribution in [2.45, 2.75) is 18.9 Å². The molecule has 10 heteroatoms. The van der Waals surface area contributed by atoms with Gasteiger partial charge in [-0.25, -0.2) is 14.5 Å². The molecule has 164 valence electrons. The molecule has 0 saturated carbocycles. The summed E-state index contributed by atoms with van der Waals surface area (Å²) in [6.07, 6.45) is 4.86. The SMILES string of the molecule is O=C1CC[C@H](COc2ccc3ncc(-c4cc5c(N6CCNCC6)nccc5o4)n3n2)N1. The van der Waals surface area contributed by atoms with Crippen LogP contribution in [0.25, 0.3) is 28.1 Å². The molecule has 2 N–H and O–H groups in total. The number of fused-ring (bicyclic) bond motifs is 2. The molecule has 4 aromatic rings. The number of ether oxygens (including phenoxy) is 1. The van der Waals surface area contributed by atoms with E-state index in [2.05, 4.69) is 30.6 Å². The Morgan fingerprint density at radius 1 is 1.19 bits per heavy atom. The fraction of sp³-hybridized carbons (Fsp3) is 0.364. The van der Waals surface area contributed by atoms with Gasteiger partial charge in [0, 0.05) is 44.9 Å². The van der Waals surface area contributed by atoms with Crippen molar-refractivity contribution in [3.8, 4) is 17.3 Å². The lowest BCUT2D eigenvalue weighted by atomic mass is 10.2. The number of piperazine rings is 1. The third-order valence-corrected chi connectivity index (χ3v) is 5.95. The number of nitrogens with zero attached hydrogens (tertiary/aromatic N) is 5. The van der Waals surface area contributed by atoms with Crippen LogP contribution in [0.2, 0.25) is 0 Å². The van der Waals surface area contributed by atoms with E-state index in [1.54, 1.807) is 23.0 Å². The van der Waals surface area contributed by atoms with Gasteiger partial charge in [-0.2, -0.15) is 0 Å². The fourth-order valence-corrected chi connectivity index (χ4v) is 4.29. The molecule has 4 aromatic heterocycles. The van der Waals surface area contributed by atoms with E-state index < -0.39 is 0 Å². The van der Waals surface area contributed by atoms with Gasteiger partial charge in [0.2, 0.25) is 11.8 Å². The van der Waals surface area contributed by atoms with Crippen LogP contribution < -0.4 is 20.3 Å². The molecular formula is C22H23N7O3. The highest BCUT2D eigenvalue weighted by Gasteiger charge is 2.22. The molecule has 10 nitrogen and oxygen atoms in total. The molecule has 1 amide bonds. The molecule has 0 radical (unpaired) electrons. The number of amides is 1. The van der Waals surface area contributed by atoms with E-state index in [4.69, 9.17) is 9.15 Å². The van der Waals surface area contributed by atoms with Gasteiger partial charge in [-0.3, -0.25) is 4.79 Å². The van der Waals surface area contributed by atoms with Crippen LogP contribution in [-0.4, -0.2) is 64.3 Å². The molecule has 0 aliphatic carbocycles. The van der Waals surface area contributed by atoms with Crippen LogP contribution in [0.1, 0.15) is 12.8 Å². The number of carbonyl (C=O) groups is 1. The zero-order chi connectivity index (χ0) is 21.5. The molecule has 2 aliphatic rings. The number of furan rings is 1. The van der Waals surface area contributed by atoms with E-state index in [9.17, 15) is 4.79 Å². The average molecular weight is 433 g/mol. The molecule has 0 unspecified atom stereocenters. The topological polar surface area (TPSA) is 110 Å². The Hall–Kier alpha value is -3.66. The third kappa shape index (κ3) is 3.42. The van der Waals surface area contributed by atoms with Crippen molar-refractivity contribution < 1.29 is 13.9 Å². The molecule has 2 saturated heterocycles. The van der Waals surface area contributed by atoms with Gasteiger partial charge in [0.05, 0.1) is 17.6 Å². The molecule has 0 spiro atoms. The van der Waals surface area contributed by atoms with Crippen LogP contribution in [0, 0.1) is 0 Å². The summed E-state index contributed by atoms with van der Waals surface area (Å²) in [5.41, 5.74) is 2.22. The van der Waals surface area contributed by atoms with E-state index >= 15 is 0 Å². The number of imidazole rings is 1. The van der Waals surface area contributed by atoms with Crippen LogP contribution in [-0.2, 0) is 4.79 Å². The smallest absolute Gasteiger partial charge is 0.231 e. The lowest BCUT2D eigenvalue weighted by molar-refractivity contribution is -0.119. The summed E-state index contributed by atoms with van der Waals surface area (Å²) in [5.74, 6) is 2.14. The first-order chi connectivity index (χ1) is 15.7. The Bertz CT molecular complexity index is 1290. The first kappa shape index (κ1) is 19.1. The third-order valence-electron chi connectivity index (χ3n) is 5.95. The van der Waals surface area contributed by atoms with Crippen LogP contribution in [0.4, 0.5) is 5.82 Å². The monoisotopic (exact) mass is 433 g/mol. The molecular weight excluding hydrogens is 410 g/mol. The zero-order valence-corrected chi connectivity index (χ0v) is 17.5. The Labute approximate surface area is 183 Å². The summed E-state index contributed by atoms with van der Waals surface area (Å²) in [4.78, 5) is 22.7. The minimum atomic E-state index is 0.0218. The van der Waals surface area contributed by atoms with Crippen molar-refractivity contribution in [1.82, 2.24) is 30.2 Å². The van der Waals surface area contributed by atoms with Gasteiger partial charge in [0.1, 0.15) is 23.7 Å². The largest absolute Gasteiger partial charge is 0.474 e. The number of hydrogen-bond acceptors (Lipinski definition) is 8. The molecule has 2 fully saturated rings. The van der Waals surface area contributed by atoms with E-state index in [-0.39, 0.29) is 11.9 Å². The van der Waals surface area contributed by atoms with Crippen LogP contribution >= 0.6 is 0 Å². The van der Waals surface area contributed by atoms with Crippen molar-refractivity contribution in [2.24, 2.45) is 0 Å². The minimum absolute atomic E-state index is 0.0218. The van der Waals surface area contributed by atoms with Gasteiger partial charge in [-0.15, -0.1) is 5.10 Å². The number of aromatic nitrogens is 4. The maximum absolute atomic E-state index is 11.4. The van der Waals surface area contributed by atoms with E-state index in [1.807, 2.05) is 18.2 Å². The van der Waals surface area contributed by atoms with E-state index in [0.717, 1.165) is 55.1 Å². The lowest BCUT2D eigenvalue weighted by Gasteiger charge is -2.28. The van der Waals surface area contributed by atoms with Crippen molar-refractivity contribution in [1.29, 1.82) is 0 Å². The summed E-state index contributed by atoms with van der Waals surface area (Å²) in [6.45, 7) is 4.08. The lowest BCUT2D eigenvalue weighted by Crippen LogP contribution is -2.43. The second-order valence-corrected chi connectivity index (χ2v) is 8.09. The summed E-state index contributed by atoms with van der Waals surface area (Å²) < 4.78 is 13.7. The number of anilines is 1. The van der Waals surface area contributed by atoms with Crippen LogP contribution in [0.3, 0.4) is 0 Å². The van der Waals surface area contributed by atoms with E-state index in [0.29, 0.717) is 30.3 Å². The second kappa shape index (κ2) is 7.79.